The van der Waals surface area contributed by atoms with E-state index in [4.69, 9.17) is 0 Å². The molecule has 17 heavy (non-hydrogen) atoms. The molecular formula is C13H25N3S. The van der Waals surface area contributed by atoms with Crippen LogP contribution in [0, 0.1) is 5.92 Å². The first-order chi connectivity index (χ1) is 8.42. The van der Waals surface area contributed by atoms with Crippen LogP contribution in [0.2, 0.25) is 0 Å². The lowest BCUT2D eigenvalue weighted by molar-refractivity contribution is 0.168. The van der Waals surface area contributed by atoms with E-state index < -0.39 is 0 Å². The van der Waals surface area contributed by atoms with Crippen molar-refractivity contribution in [1.82, 2.24) is 15.1 Å². The molecule has 0 saturated carbocycles. The van der Waals surface area contributed by atoms with Crippen molar-refractivity contribution in [1.29, 1.82) is 0 Å². The molecule has 3 aliphatic rings. The van der Waals surface area contributed by atoms with Crippen LogP contribution in [0.1, 0.15) is 12.8 Å². The molecule has 0 aromatic rings. The Morgan fingerprint density at radius 2 is 2.00 bits per heavy atom. The number of rotatable bonds is 3. The summed E-state index contributed by atoms with van der Waals surface area (Å²) < 4.78 is 0. The molecule has 2 atom stereocenters. The summed E-state index contributed by atoms with van der Waals surface area (Å²) in [5.41, 5.74) is 0. The van der Waals surface area contributed by atoms with Gasteiger partial charge in [0.25, 0.3) is 0 Å². The van der Waals surface area contributed by atoms with E-state index in [0.717, 1.165) is 12.0 Å². The third-order valence-electron chi connectivity index (χ3n) is 4.46. The fourth-order valence-corrected chi connectivity index (χ4v) is 4.69. The molecule has 4 heteroatoms. The maximum Gasteiger partial charge on any atom is 0.0236 e. The third kappa shape index (κ3) is 3.16. The topological polar surface area (TPSA) is 18.5 Å². The monoisotopic (exact) mass is 255 g/mol. The Bertz CT molecular complexity index is 237. The highest BCUT2D eigenvalue weighted by atomic mass is 32.2. The number of piperazine rings is 1. The number of hydrogen-bond acceptors (Lipinski definition) is 4. The molecule has 3 saturated heterocycles. The van der Waals surface area contributed by atoms with Gasteiger partial charge in [-0.3, -0.25) is 4.90 Å². The molecule has 0 aromatic heterocycles. The van der Waals surface area contributed by atoms with Crippen LogP contribution in [0.15, 0.2) is 0 Å². The second-order valence-corrected chi connectivity index (χ2v) is 6.87. The molecule has 0 amide bonds. The van der Waals surface area contributed by atoms with Crippen molar-refractivity contribution in [3.05, 3.63) is 0 Å². The average molecular weight is 255 g/mol. The summed E-state index contributed by atoms with van der Waals surface area (Å²) in [6.07, 6.45) is 2.86. The summed E-state index contributed by atoms with van der Waals surface area (Å²) in [4.78, 5) is 5.43. The van der Waals surface area contributed by atoms with Gasteiger partial charge in [0.1, 0.15) is 0 Å². The summed E-state index contributed by atoms with van der Waals surface area (Å²) in [5.74, 6) is 3.80. The minimum absolute atomic E-state index is 0.853. The van der Waals surface area contributed by atoms with E-state index in [9.17, 15) is 0 Å². The molecule has 3 nitrogen and oxygen atoms in total. The van der Waals surface area contributed by atoms with Crippen LogP contribution < -0.4 is 5.32 Å². The molecule has 0 spiro atoms. The van der Waals surface area contributed by atoms with E-state index in [1.54, 1.807) is 0 Å². The van der Waals surface area contributed by atoms with Crippen molar-refractivity contribution in [3.63, 3.8) is 0 Å². The largest absolute Gasteiger partial charge is 0.314 e. The molecule has 0 radical (unpaired) electrons. The number of nitrogens with one attached hydrogen (secondary N) is 1. The Kier molecular flexibility index (Phi) is 4.27. The van der Waals surface area contributed by atoms with Gasteiger partial charge in [-0.15, -0.1) is 0 Å². The summed E-state index contributed by atoms with van der Waals surface area (Å²) in [6, 6.07) is 0.853. The van der Waals surface area contributed by atoms with Crippen molar-refractivity contribution < 1.29 is 0 Å². The van der Waals surface area contributed by atoms with Gasteiger partial charge >= 0.3 is 0 Å². The van der Waals surface area contributed by atoms with Crippen LogP contribution in [0.4, 0.5) is 0 Å². The van der Waals surface area contributed by atoms with E-state index in [-0.39, 0.29) is 0 Å². The van der Waals surface area contributed by atoms with E-state index in [0.29, 0.717) is 0 Å². The van der Waals surface area contributed by atoms with Gasteiger partial charge in [0, 0.05) is 45.3 Å². The van der Waals surface area contributed by atoms with Crippen LogP contribution >= 0.6 is 11.8 Å². The lowest BCUT2D eigenvalue weighted by Crippen LogP contribution is -2.49. The molecule has 0 aromatic carbocycles. The average Bonchev–Trinajstić information content (AvgIpc) is 3.02. The van der Waals surface area contributed by atoms with Gasteiger partial charge < -0.3 is 10.2 Å². The van der Waals surface area contributed by atoms with Crippen molar-refractivity contribution in [2.24, 2.45) is 5.92 Å². The van der Waals surface area contributed by atoms with E-state index >= 15 is 0 Å². The van der Waals surface area contributed by atoms with E-state index in [2.05, 4.69) is 26.9 Å². The molecule has 3 heterocycles. The fraction of sp³-hybridized carbons (Fsp3) is 1.00. The second-order valence-electron chi connectivity index (χ2n) is 5.72. The molecule has 98 valence electrons. The molecule has 3 rings (SSSR count). The minimum Gasteiger partial charge on any atom is -0.314 e. The zero-order valence-electron chi connectivity index (χ0n) is 10.7. The minimum atomic E-state index is 0.853. The van der Waals surface area contributed by atoms with E-state index in [1.807, 2.05) is 0 Å². The Hall–Kier alpha value is 0.230. The van der Waals surface area contributed by atoms with Crippen LogP contribution in [0.3, 0.4) is 0 Å². The zero-order valence-corrected chi connectivity index (χ0v) is 11.6. The standard InChI is InChI=1S/C13H25N3S/c1-5-15(9-12-2-8-17-11-12)10-13(1)16-6-3-14-4-7-16/h12-14H,1-11H2. The number of hydrogen-bond donors (Lipinski definition) is 1. The molecule has 2 unspecified atom stereocenters. The number of thioether (sulfide) groups is 1. The smallest absolute Gasteiger partial charge is 0.0236 e. The summed E-state index contributed by atoms with van der Waals surface area (Å²) in [7, 11) is 0. The van der Waals surface area contributed by atoms with Crippen molar-refractivity contribution in [2.45, 2.75) is 18.9 Å². The van der Waals surface area contributed by atoms with E-state index in [1.165, 1.54) is 70.2 Å². The Balaban J connectivity index is 1.44. The van der Waals surface area contributed by atoms with Crippen molar-refractivity contribution >= 4 is 11.8 Å². The molecule has 3 aliphatic heterocycles. The quantitative estimate of drug-likeness (QED) is 0.800. The van der Waals surface area contributed by atoms with Gasteiger partial charge in [-0.2, -0.15) is 11.8 Å². The SMILES string of the molecule is C1CN(C2CCN(CC3CCSC3)C2)CCN1. The van der Waals surface area contributed by atoms with Gasteiger partial charge in [-0.1, -0.05) is 0 Å². The predicted molar refractivity (Wildman–Crippen MR) is 74.7 cm³/mol. The Morgan fingerprint density at radius 1 is 1.12 bits per heavy atom. The lowest BCUT2D eigenvalue weighted by atomic mass is 10.1. The van der Waals surface area contributed by atoms with Gasteiger partial charge in [-0.05, 0) is 36.8 Å². The van der Waals surface area contributed by atoms with Gasteiger partial charge in [-0.25, -0.2) is 0 Å². The van der Waals surface area contributed by atoms with Crippen LogP contribution in [0.25, 0.3) is 0 Å². The van der Waals surface area contributed by atoms with Crippen LogP contribution in [0.5, 0.6) is 0 Å². The summed E-state index contributed by atoms with van der Waals surface area (Å²) >= 11 is 2.15. The molecule has 0 aliphatic carbocycles. The van der Waals surface area contributed by atoms with Crippen LogP contribution in [-0.2, 0) is 0 Å². The molecule has 0 bridgehead atoms. The highest BCUT2D eigenvalue weighted by molar-refractivity contribution is 7.99. The first-order valence-electron chi connectivity index (χ1n) is 7.17. The van der Waals surface area contributed by atoms with Crippen molar-refractivity contribution in [2.75, 3.05) is 57.3 Å². The maximum atomic E-state index is 3.45. The van der Waals surface area contributed by atoms with Gasteiger partial charge in [0.15, 0.2) is 0 Å². The molecule has 3 fully saturated rings. The zero-order chi connectivity index (χ0) is 11.5. The summed E-state index contributed by atoms with van der Waals surface area (Å²) in [6.45, 7) is 8.95. The van der Waals surface area contributed by atoms with Gasteiger partial charge in [0.2, 0.25) is 0 Å². The lowest BCUT2D eigenvalue weighted by Gasteiger charge is -2.32. The normalized spacial score (nSPS) is 36.7. The molecule has 1 N–H and O–H groups in total. The Labute approximate surface area is 109 Å². The fourth-order valence-electron chi connectivity index (χ4n) is 3.42. The number of likely N-dealkylation sites (tertiary alicyclic amines) is 1. The summed E-state index contributed by atoms with van der Waals surface area (Å²) in [5, 5.41) is 3.45. The first kappa shape index (κ1) is 12.3. The third-order valence-corrected chi connectivity index (χ3v) is 5.69. The molecular weight excluding hydrogens is 230 g/mol. The predicted octanol–water partition coefficient (Wildman–Crippen LogP) is 0.719. The maximum absolute atomic E-state index is 3.45. The first-order valence-corrected chi connectivity index (χ1v) is 8.32. The van der Waals surface area contributed by atoms with Crippen LogP contribution in [-0.4, -0.2) is 73.2 Å². The highest BCUT2D eigenvalue weighted by Crippen LogP contribution is 2.26. The second kappa shape index (κ2) is 5.91. The Morgan fingerprint density at radius 3 is 2.76 bits per heavy atom. The van der Waals surface area contributed by atoms with Gasteiger partial charge in [0.05, 0.1) is 0 Å². The number of nitrogens with zero attached hydrogens (tertiary/aromatic N) is 2. The van der Waals surface area contributed by atoms with Crippen molar-refractivity contribution in [3.8, 4) is 0 Å². The highest BCUT2D eigenvalue weighted by Gasteiger charge is 2.30.